The van der Waals surface area contributed by atoms with Gasteiger partial charge < -0.3 is 4.90 Å². The van der Waals surface area contributed by atoms with Gasteiger partial charge in [-0.05, 0) is 18.2 Å². The fourth-order valence-electron chi connectivity index (χ4n) is 1.67. The fraction of sp³-hybridized carbons (Fsp3) is 0.357. The minimum absolute atomic E-state index is 0.341. The first-order valence-corrected chi connectivity index (χ1v) is 6.11. The molecule has 0 amide bonds. The van der Waals surface area contributed by atoms with Crippen LogP contribution in [0.2, 0.25) is 0 Å². The standard InChI is InChI=1S/C14H18N4/c1-11(2)14-16-9-7-13(17-14)18(3)10-12-6-4-5-8-15-12/h4-9,11H,10H2,1-3H3. The van der Waals surface area contributed by atoms with Crippen molar-refractivity contribution >= 4 is 5.82 Å². The van der Waals surface area contributed by atoms with Crippen molar-refractivity contribution in [1.29, 1.82) is 0 Å². The van der Waals surface area contributed by atoms with E-state index in [0.29, 0.717) is 5.92 Å². The lowest BCUT2D eigenvalue weighted by atomic mass is 10.2. The average Bonchev–Trinajstić information content (AvgIpc) is 2.40. The smallest absolute Gasteiger partial charge is 0.133 e. The largest absolute Gasteiger partial charge is 0.354 e. The normalized spacial score (nSPS) is 10.7. The van der Waals surface area contributed by atoms with E-state index in [2.05, 4.69) is 33.7 Å². The first kappa shape index (κ1) is 12.5. The first-order valence-electron chi connectivity index (χ1n) is 6.11. The summed E-state index contributed by atoms with van der Waals surface area (Å²) in [6, 6.07) is 7.86. The van der Waals surface area contributed by atoms with E-state index in [4.69, 9.17) is 0 Å². The predicted octanol–water partition coefficient (Wildman–Crippen LogP) is 2.63. The number of aromatic nitrogens is 3. The molecule has 0 saturated heterocycles. The van der Waals surface area contributed by atoms with Crippen molar-refractivity contribution in [2.75, 3.05) is 11.9 Å². The molecule has 0 atom stereocenters. The van der Waals surface area contributed by atoms with E-state index in [1.54, 1.807) is 0 Å². The molecule has 18 heavy (non-hydrogen) atoms. The van der Waals surface area contributed by atoms with E-state index >= 15 is 0 Å². The molecule has 0 aliphatic heterocycles. The molecule has 0 aliphatic rings. The monoisotopic (exact) mass is 242 g/mol. The third kappa shape index (κ3) is 3.03. The molecule has 4 nitrogen and oxygen atoms in total. The molecule has 94 valence electrons. The van der Waals surface area contributed by atoms with E-state index < -0.39 is 0 Å². The van der Waals surface area contributed by atoms with E-state index in [1.807, 2.05) is 43.7 Å². The average molecular weight is 242 g/mol. The molecule has 4 heteroatoms. The van der Waals surface area contributed by atoms with Crippen molar-refractivity contribution in [1.82, 2.24) is 15.0 Å². The van der Waals surface area contributed by atoms with Gasteiger partial charge in [0.15, 0.2) is 0 Å². The van der Waals surface area contributed by atoms with Crippen LogP contribution in [-0.2, 0) is 6.54 Å². The lowest BCUT2D eigenvalue weighted by Gasteiger charge is -2.18. The summed E-state index contributed by atoms with van der Waals surface area (Å²) >= 11 is 0. The van der Waals surface area contributed by atoms with Crippen LogP contribution >= 0.6 is 0 Å². The number of nitrogens with zero attached hydrogens (tertiary/aromatic N) is 4. The second-order valence-electron chi connectivity index (χ2n) is 4.60. The molecule has 0 spiro atoms. The van der Waals surface area contributed by atoms with Gasteiger partial charge in [-0.3, -0.25) is 4.98 Å². The molecule has 0 unspecified atom stereocenters. The summed E-state index contributed by atoms with van der Waals surface area (Å²) in [6.45, 7) is 4.94. The number of hydrogen-bond donors (Lipinski definition) is 0. The number of rotatable bonds is 4. The summed E-state index contributed by atoms with van der Waals surface area (Å²) in [5.74, 6) is 2.15. The zero-order valence-electron chi connectivity index (χ0n) is 11.0. The van der Waals surface area contributed by atoms with Crippen LogP contribution in [0.4, 0.5) is 5.82 Å². The van der Waals surface area contributed by atoms with E-state index in [0.717, 1.165) is 23.9 Å². The molecule has 0 saturated carbocycles. The van der Waals surface area contributed by atoms with E-state index in [1.165, 1.54) is 0 Å². The lowest BCUT2D eigenvalue weighted by Crippen LogP contribution is -2.19. The number of pyridine rings is 1. The highest BCUT2D eigenvalue weighted by molar-refractivity contribution is 5.37. The summed E-state index contributed by atoms with van der Waals surface area (Å²) in [7, 11) is 2.02. The van der Waals surface area contributed by atoms with Gasteiger partial charge in [0.05, 0.1) is 12.2 Å². The van der Waals surface area contributed by atoms with Crippen molar-refractivity contribution < 1.29 is 0 Å². The van der Waals surface area contributed by atoms with Gasteiger partial charge in [0.25, 0.3) is 0 Å². The number of hydrogen-bond acceptors (Lipinski definition) is 4. The quantitative estimate of drug-likeness (QED) is 0.826. The van der Waals surface area contributed by atoms with Gasteiger partial charge in [0.2, 0.25) is 0 Å². The Morgan fingerprint density at radius 3 is 2.61 bits per heavy atom. The molecule has 0 bridgehead atoms. The van der Waals surface area contributed by atoms with Crippen LogP contribution in [0.25, 0.3) is 0 Å². The molecule has 0 N–H and O–H groups in total. The number of anilines is 1. The molecule has 0 aromatic carbocycles. The van der Waals surface area contributed by atoms with Crippen LogP contribution in [0.15, 0.2) is 36.7 Å². The van der Waals surface area contributed by atoms with Crippen molar-refractivity contribution in [3.63, 3.8) is 0 Å². The van der Waals surface area contributed by atoms with Gasteiger partial charge in [-0.2, -0.15) is 0 Å². The van der Waals surface area contributed by atoms with Crippen LogP contribution in [0.1, 0.15) is 31.3 Å². The van der Waals surface area contributed by atoms with Crippen LogP contribution in [0.3, 0.4) is 0 Å². The van der Waals surface area contributed by atoms with Crippen LogP contribution < -0.4 is 4.90 Å². The molecular formula is C14H18N4. The molecule has 2 aromatic heterocycles. The van der Waals surface area contributed by atoms with E-state index in [9.17, 15) is 0 Å². The van der Waals surface area contributed by atoms with Gasteiger partial charge >= 0.3 is 0 Å². The minimum atomic E-state index is 0.341. The third-order valence-corrected chi connectivity index (χ3v) is 2.69. The summed E-state index contributed by atoms with van der Waals surface area (Å²) in [5, 5.41) is 0. The van der Waals surface area contributed by atoms with Gasteiger partial charge in [0.1, 0.15) is 11.6 Å². The zero-order chi connectivity index (χ0) is 13.0. The second-order valence-corrected chi connectivity index (χ2v) is 4.60. The summed E-state index contributed by atoms with van der Waals surface area (Å²) in [6.07, 6.45) is 3.62. The second kappa shape index (κ2) is 5.58. The molecule has 0 aliphatic carbocycles. The Balaban J connectivity index is 2.14. The summed E-state index contributed by atoms with van der Waals surface area (Å²) in [5.41, 5.74) is 1.03. The predicted molar refractivity (Wildman–Crippen MR) is 72.5 cm³/mol. The van der Waals surface area contributed by atoms with Crippen molar-refractivity contribution in [3.8, 4) is 0 Å². The Morgan fingerprint density at radius 2 is 1.94 bits per heavy atom. The highest BCUT2D eigenvalue weighted by Crippen LogP contribution is 2.15. The maximum absolute atomic E-state index is 4.56. The van der Waals surface area contributed by atoms with Gasteiger partial charge in [0, 0.05) is 25.4 Å². The Kier molecular flexibility index (Phi) is 3.87. The molecular weight excluding hydrogens is 224 g/mol. The van der Waals surface area contributed by atoms with Crippen LogP contribution in [0, 0.1) is 0 Å². The maximum atomic E-state index is 4.56. The Hall–Kier alpha value is -1.97. The Bertz CT molecular complexity index is 496. The highest BCUT2D eigenvalue weighted by Gasteiger charge is 2.08. The van der Waals surface area contributed by atoms with Crippen LogP contribution in [0.5, 0.6) is 0 Å². The zero-order valence-corrected chi connectivity index (χ0v) is 11.0. The van der Waals surface area contributed by atoms with E-state index in [-0.39, 0.29) is 0 Å². The first-order chi connectivity index (χ1) is 8.66. The molecule has 2 heterocycles. The summed E-state index contributed by atoms with van der Waals surface area (Å²) in [4.78, 5) is 15.2. The maximum Gasteiger partial charge on any atom is 0.133 e. The summed E-state index contributed by atoms with van der Waals surface area (Å²) < 4.78 is 0. The Labute approximate surface area is 108 Å². The Morgan fingerprint density at radius 1 is 1.11 bits per heavy atom. The van der Waals surface area contributed by atoms with Crippen molar-refractivity contribution in [2.45, 2.75) is 26.3 Å². The van der Waals surface area contributed by atoms with Crippen molar-refractivity contribution in [3.05, 3.63) is 48.2 Å². The molecule has 0 radical (unpaired) electrons. The highest BCUT2D eigenvalue weighted by atomic mass is 15.2. The third-order valence-electron chi connectivity index (χ3n) is 2.69. The molecule has 2 rings (SSSR count). The topological polar surface area (TPSA) is 41.9 Å². The van der Waals surface area contributed by atoms with Crippen molar-refractivity contribution in [2.24, 2.45) is 0 Å². The lowest BCUT2D eigenvalue weighted by molar-refractivity contribution is 0.760. The molecule has 2 aromatic rings. The van der Waals surface area contributed by atoms with Crippen LogP contribution in [-0.4, -0.2) is 22.0 Å². The minimum Gasteiger partial charge on any atom is -0.354 e. The SMILES string of the molecule is CC(C)c1nccc(N(C)Cc2ccccn2)n1. The van der Waals surface area contributed by atoms with Gasteiger partial charge in [-0.15, -0.1) is 0 Å². The fourth-order valence-corrected chi connectivity index (χ4v) is 1.67. The van der Waals surface area contributed by atoms with Gasteiger partial charge in [-0.25, -0.2) is 9.97 Å². The molecule has 0 fully saturated rings. The van der Waals surface area contributed by atoms with Gasteiger partial charge in [-0.1, -0.05) is 19.9 Å².